The average Bonchev–Trinajstić information content (AvgIpc) is 3.32. The zero-order valence-electron chi connectivity index (χ0n) is 17.1. The van der Waals surface area contributed by atoms with Crippen LogP contribution in [-0.2, 0) is 23.9 Å². The van der Waals surface area contributed by atoms with Crippen molar-refractivity contribution in [2.45, 2.75) is 48.9 Å². The van der Waals surface area contributed by atoms with Gasteiger partial charge in [0.05, 0.1) is 37.2 Å². The minimum atomic E-state index is -1.19. The molecule has 0 radical (unpaired) electrons. The number of halogens is 2. The number of aliphatic hydroxyl groups is 1. The number of carbonyl (C=O) groups is 3. The predicted octanol–water partition coefficient (Wildman–Crippen LogP) is 1.97. The molecule has 31 heavy (non-hydrogen) atoms. The normalized spacial score (nSPS) is 34.5. The Morgan fingerprint density at radius 1 is 1.42 bits per heavy atom. The van der Waals surface area contributed by atoms with E-state index in [-0.39, 0.29) is 23.9 Å². The van der Waals surface area contributed by atoms with Crippen LogP contribution in [0.3, 0.4) is 0 Å². The number of esters is 1. The van der Waals surface area contributed by atoms with Crippen LogP contribution in [0.2, 0.25) is 5.02 Å². The standard InChI is InChI=1S/C21H24BrClN2O6/c1-3-30-20(29)14-15-19(28)25(10(2)9-26)17(21(15)8-13(22)16(14)31-21)18(27)24-12-6-4-11(23)5-7-12/h4-7,10,13-17,26H,3,8-9H2,1-2H3,(H,24,27)/t10-,13?,14-,15+,16-,17-,21+/m1/s1. The van der Waals surface area contributed by atoms with Crippen molar-refractivity contribution in [2.75, 3.05) is 18.5 Å². The molecule has 168 valence electrons. The maximum atomic E-state index is 13.5. The highest BCUT2D eigenvalue weighted by atomic mass is 79.9. The van der Waals surface area contributed by atoms with Gasteiger partial charge < -0.3 is 24.8 Å². The quantitative estimate of drug-likeness (QED) is 0.443. The molecule has 8 nitrogen and oxygen atoms in total. The predicted molar refractivity (Wildman–Crippen MR) is 116 cm³/mol. The van der Waals surface area contributed by atoms with E-state index in [9.17, 15) is 19.5 Å². The molecule has 1 aromatic rings. The zero-order chi connectivity index (χ0) is 22.5. The Kier molecular flexibility index (Phi) is 6.06. The number of fused-ring (bicyclic) bond motifs is 1. The van der Waals surface area contributed by atoms with Crippen LogP contribution in [0.5, 0.6) is 0 Å². The number of alkyl halides is 1. The molecule has 2 N–H and O–H groups in total. The molecule has 3 heterocycles. The van der Waals surface area contributed by atoms with Crippen molar-refractivity contribution in [3.63, 3.8) is 0 Å². The van der Waals surface area contributed by atoms with E-state index in [1.807, 2.05) is 0 Å². The third-order valence-corrected chi connectivity index (χ3v) is 7.48. The molecule has 3 saturated heterocycles. The van der Waals surface area contributed by atoms with E-state index in [0.29, 0.717) is 17.1 Å². The van der Waals surface area contributed by atoms with Gasteiger partial charge in [0.25, 0.3) is 0 Å². The van der Waals surface area contributed by atoms with Crippen molar-refractivity contribution in [1.82, 2.24) is 4.90 Å². The first kappa shape index (κ1) is 22.5. The summed E-state index contributed by atoms with van der Waals surface area (Å²) in [6, 6.07) is 4.98. The molecule has 3 aliphatic rings. The van der Waals surface area contributed by atoms with Gasteiger partial charge in [0.1, 0.15) is 11.6 Å². The van der Waals surface area contributed by atoms with Crippen molar-refractivity contribution in [1.29, 1.82) is 0 Å². The third kappa shape index (κ3) is 3.46. The highest BCUT2D eigenvalue weighted by Crippen LogP contribution is 2.60. The number of amides is 2. The number of nitrogens with zero attached hydrogens (tertiary/aromatic N) is 1. The van der Waals surface area contributed by atoms with Gasteiger partial charge in [-0.1, -0.05) is 27.5 Å². The molecule has 2 bridgehead atoms. The molecular weight excluding hydrogens is 492 g/mol. The molecule has 3 fully saturated rings. The largest absolute Gasteiger partial charge is 0.466 e. The van der Waals surface area contributed by atoms with Gasteiger partial charge in [0.15, 0.2) is 0 Å². The van der Waals surface area contributed by atoms with Gasteiger partial charge >= 0.3 is 5.97 Å². The van der Waals surface area contributed by atoms with Crippen LogP contribution in [0.4, 0.5) is 5.69 Å². The number of likely N-dealkylation sites (tertiary alicyclic amines) is 1. The first-order chi connectivity index (χ1) is 14.7. The van der Waals surface area contributed by atoms with Crippen LogP contribution >= 0.6 is 27.5 Å². The van der Waals surface area contributed by atoms with Gasteiger partial charge in [0, 0.05) is 15.5 Å². The molecule has 0 aliphatic carbocycles. The maximum absolute atomic E-state index is 13.5. The van der Waals surface area contributed by atoms with Gasteiger partial charge in [-0.25, -0.2) is 0 Å². The minimum Gasteiger partial charge on any atom is -0.466 e. The Hall–Kier alpha value is -1.68. The smallest absolute Gasteiger partial charge is 0.312 e. The lowest BCUT2D eigenvalue weighted by Gasteiger charge is -2.35. The molecule has 7 atom stereocenters. The van der Waals surface area contributed by atoms with E-state index in [2.05, 4.69) is 21.2 Å². The third-order valence-electron chi connectivity index (χ3n) is 6.39. The van der Waals surface area contributed by atoms with Gasteiger partial charge in [-0.15, -0.1) is 0 Å². The second kappa shape index (κ2) is 8.35. The summed E-state index contributed by atoms with van der Waals surface area (Å²) in [5, 5.41) is 13.2. The number of hydrogen-bond donors (Lipinski definition) is 2. The highest BCUT2D eigenvalue weighted by molar-refractivity contribution is 9.09. The molecule has 3 aliphatic heterocycles. The molecule has 4 rings (SSSR count). The fourth-order valence-electron chi connectivity index (χ4n) is 5.18. The lowest BCUT2D eigenvalue weighted by molar-refractivity contribution is -0.155. The summed E-state index contributed by atoms with van der Waals surface area (Å²) in [4.78, 5) is 40.9. The molecule has 2 amide bonds. The van der Waals surface area contributed by atoms with E-state index >= 15 is 0 Å². The topological polar surface area (TPSA) is 105 Å². The number of nitrogens with one attached hydrogen (secondary N) is 1. The van der Waals surface area contributed by atoms with Gasteiger partial charge in [-0.2, -0.15) is 0 Å². The zero-order valence-corrected chi connectivity index (χ0v) is 19.4. The molecule has 1 spiro atoms. The van der Waals surface area contributed by atoms with Crippen LogP contribution in [-0.4, -0.2) is 69.6 Å². The highest BCUT2D eigenvalue weighted by Gasteiger charge is 2.77. The molecule has 1 unspecified atom stereocenters. The fraction of sp³-hybridized carbons (Fsp3) is 0.571. The SMILES string of the molecule is CCOC(=O)[C@H]1[C@@H]2O[C@@]3(CC2Br)[C@@H]1C(=O)N([C@H](C)CO)[C@@H]3C(=O)Nc1ccc(Cl)cc1. The van der Waals surface area contributed by atoms with Crippen LogP contribution in [0.25, 0.3) is 0 Å². The Bertz CT molecular complexity index is 898. The summed E-state index contributed by atoms with van der Waals surface area (Å²) in [6.45, 7) is 3.21. The summed E-state index contributed by atoms with van der Waals surface area (Å²) in [7, 11) is 0. The van der Waals surface area contributed by atoms with E-state index in [1.54, 1.807) is 38.1 Å². The minimum absolute atomic E-state index is 0.181. The molecule has 10 heteroatoms. The van der Waals surface area contributed by atoms with E-state index in [1.165, 1.54) is 4.90 Å². The molecular formula is C21H24BrClN2O6. The number of rotatable bonds is 6. The molecule has 0 aromatic heterocycles. The van der Waals surface area contributed by atoms with E-state index in [4.69, 9.17) is 21.1 Å². The van der Waals surface area contributed by atoms with Crippen LogP contribution in [0, 0.1) is 11.8 Å². The van der Waals surface area contributed by atoms with Crippen molar-refractivity contribution >= 4 is 51.0 Å². The monoisotopic (exact) mass is 514 g/mol. The van der Waals surface area contributed by atoms with Crippen molar-refractivity contribution in [2.24, 2.45) is 11.8 Å². The fourth-order valence-corrected chi connectivity index (χ4v) is 6.25. The number of anilines is 1. The Balaban J connectivity index is 1.73. The summed E-state index contributed by atoms with van der Waals surface area (Å²) in [5.74, 6) is -2.99. The Labute approximate surface area is 193 Å². The van der Waals surface area contributed by atoms with Crippen LogP contribution < -0.4 is 5.32 Å². The van der Waals surface area contributed by atoms with E-state index < -0.39 is 47.5 Å². The van der Waals surface area contributed by atoms with Crippen molar-refractivity contribution in [3.05, 3.63) is 29.3 Å². The first-order valence-electron chi connectivity index (χ1n) is 10.2. The Morgan fingerprint density at radius 2 is 2.10 bits per heavy atom. The second-order valence-corrected chi connectivity index (χ2v) is 9.80. The molecule has 1 aromatic carbocycles. The molecule has 0 saturated carbocycles. The number of ether oxygens (including phenoxy) is 2. The number of aliphatic hydroxyl groups excluding tert-OH is 1. The van der Waals surface area contributed by atoms with Crippen molar-refractivity contribution < 1.29 is 29.0 Å². The summed E-state index contributed by atoms with van der Waals surface area (Å²) in [5.41, 5.74) is -0.670. The second-order valence-electron chi connectivity index (χ2n) is 8.19. The van der Waals surface area contributed by atoms with Gasteiger partial charge in [-0.3, -0.25) is 14.4 Å². The average molecular weight is 516 g/mol. The number of hydrogen-bond acceptors (Lipinski definition) is 6. The summed E-state index contributed by atoms with van der Waals surface area (Å²) in [6.07, 6.45) is -0.178. The van der Waals surface area contributed by atoms with Crippen LogP contribution in [0.1, 0.15) is 20.3 Å². The number of benzene rings is 1. The lowest BCUT2D eigenvalue weighted by atomic mass is 9.70. The van der Waals surface area contributed by atoms with E-state index in [0.717, 1.165) is 0 Å². The van der Waals surface area contributed by atoms with Gasteiger partial charge in [-0.05, 0) is 44.5 Å². The maximum Gasteiger partial charge on any atom is 0.312 e. The van der Waals surface area contributed by atoms with Crippen molar-refractivity contribution in [3.8, 4) is 0 Å². The number of carbonyl (C=O) groups excluding carboxylic acids is 3. The Morgan fingerprint density at radius 3 is 2.71 bits per heavy atom. The van der Waals surface area contributed by atoms with Crippen LogP contribution in [0.15, 0.2) is 24.3 Å². The van der Waals surface area contributed by atoms with Gasteiger partial charge in [0.2, 0.25) is 11.8 Å². The first-order valence-corrected chi connectivity index (χ1v) is 11.5. The summed E-state index contributed by atoms with van der Waals surface area (Å²) < 4.78 is 11.5. The summed E-state index contributed by atoms with van der Waals surface area (Å²) >= 11 is 9.50. The lowest BCUT2D eigenvalue weighted by Crippen LogP contribution is -2.56.